The van der Waals surface area contributed by atoms with Crippen LogP contribution in [0.25, 0.3) is 4.85 Å². The van der Waals surface area contributed by atoms with Gasteiger partial charge in [-0.25, -0.2) is 19.4 Å². The average Bonchev–Trinajstić information content (AvgIpc) is 2.06. The molecule has 0 aromatic rings. The van der Waals surface area contributed by atoms with E-state index >= 15 is 0 Å². The van der Waals surface area contributed by atoms with Gasteiger partial charge in [0.2, 0.25) is 0 Å². The van der Waals surface area contributed by atoms with Gasteiger partial charge in [0.15, 0.2) is 16.5 Å². The minimum atomic E-state index is -2.98. The van der Waals surface area contributed by atoms with Crippen LogP contribution in [0.5, 0.6) is 0 Å². The standard InChI is InChI=1S/C7H10FNO2S/c1-9-7(6-8)2-4-12(10,11)5-3-7/h2-6H2. The Morgan fingerprint density at radius 1 is 1.42 bits per heavy atom. The minimum absolute atomic E-state index is 0.0424. The Morgan fingerprint density at radius 3 is 2.25 bits per heavy atom. The van der Waals surface area contributed by atoms with Gasteiger partial charge in [0, 0.05) is 12.8 Å². The zero-order chi connectivity index (χ0) is 9.24. The Kier molecular flexibility index (Phi) is 2.38. The van der Waals surface area contributed by atoms with Gasteiger partial charge in [-0.2, -0.15) is 0 Å². The fraction of sp³-hybridized carbons (Fsp3) is 0.857. The molecule has 0 amide bonds. The lowest BCUT2D eigenvalue weighted by atomic mass is 9.95. The van der Waals surface area contributed by atoms with Crippen molar-refractivity contribution >= 4 is 9.84 Å². The fourth-order valence-electron chi connectivity index (χ4n) is 1.19. The molecule has 0 aliphatic carbocycles. The van der Waals surface area contributed by atoms with Crippen LogP contribution in [0, 0.1) is 6.57 Å². The molecule has 3 nitrogen and oxygen atoms in total. The third kappa shape index (κ3) is 1.75. The van der Waals surface area contributed by atoms with E-state index < -0.39 is 22.1 Å². The number of hydrogen-bond acceptors (Lipinski definition) is 2. The highest BCUT2D eigenvalue weighted by Gasteiger charge is 2.43. The molecule has 0 spiro atoms. The maximum atomic E-state index is 12.4. The summed E-state index contributed by atoms with van der Waals surface area (Å²) in [4.78, 5) is 3.17. The quantitative estimate of drug-likeness (QED) is 0.576. The number of alkyl halides is 1. The number of nitrogens with zero attached hydrogens (tertiary/aromatic N) is 1. The predicted octanol–water partition coefficient (Wildman–Crippen LogP) is 0.823. The van der Waals surface area contributed by atoms with E-state index in [0.717, 1.165) is 0 Å². The summed E-state index contributed by atoms with van der Waals surface area (Å²) in [6.45, 7) is 6.03. The fourth-order valence-corrected chi connectivity index (χ4v) is 2.78. The largest absolute Gasteiger partial charge is 0.307 e. The van der Waals surface area contributed by atoms with Crippen molar-refractivity contribution in [1.29, 1.82) is 0 Å². The van der Waals surface area contributed by atoms with E-state index in [9.17, 15) is 12.8 Å². The van der Waals surface area contributed by atoms with Gasteiger partial charge in [0.1, 0.15) is 0 Å². The van der Waals surface area contributed by atoms with Crippen molar-refractivity contribution in [2.24, 2.45) is 0 Å². The van der Waals surface area contributed by atoms with E-state index in [4.69, 9.17) is 6.57 Å². The summed E-state index contributed by atoms with van der Waals surface area (Å²) in [6.07, 6.45) is 0.296. The Morgan fingerprint density at radius 2 is 1.92 bits per heavy atom. The molecule has 1 fully saturated rings. The van der Waals surface area contributed by atoms with Gasteiger partial charge < -0.3 is 4.85 Å². The van der Waals surface area contributed by atoms with Crippen molar-refractivity contribution in [3.8, 4) is 0 Å². The Bertz CT molecular complexity index is 290. The van der Waals surface area contributed by atoms with Gasteiger partial charge in [-0.15, -0.1) is 0 Å². The van der Waals surface area contributed by atoms with E-state index in [2.05, 4.69) is 4.85 Å². The van der Waals surface area contributed by atoms with Gasteiger partial charge in [-0.1, -0.05) is 0 Å². The number of rotatable bonds is 1. The van der Waals surface area contributed by atoms with Crippen LogP contribution in [0.4, 0.5) is 4.39 Å². The molecule has 1 rings (SSSR count). The first-order valence-electron chi connectivity index (χ1n) is 3.69. The summed E-state index contributed by atoms with van der Waals surface area (Å²) in [5.41, 5.74) is -1.04. The molecule has 0 unspecified atom stereocenters. The molecule has 0 atom stereocenters. The monoisotopic (exact) mass is 191 g/mol. The lowest BCUT2D eigenvalue weighted by molar-refractivity contribution is 0.327. The predicted molar refractivity (Wildman–Crippen MR) is 43.2 cm³/mol. The molecular formula is C7H10FNO2S. The van der Waals surface area contributed by atoms with Crippen LogP contribution in [-0.4, -0.2) is 32.1 Å². The van der Waals surface area contributed by atoms with Gasteiger partial charge in [-0.3, -0.25) is 0 Å². The highest BCUT2D eigenvalue weighted by molar-refractivity contribution is 7.91. The van der Waals surface area contributed by atoms with Gasteiger partial charge >= 0.3 is 0 Å². The molecule has 0 aromatic heterocycles. The average molecular weight is 191 g/mol. The lowest BCUT2D eigenvalue weighted by Crippen LogP contribution is -2.38. The number of hydrogen-bond donors (Lipinski definition) is 0. The summed E-state index contributed by atoms with van der Waals surface area (Å²) in [7, 11) is -2.98. The van der Waals surface area contributed by atoms with Crippen LogP contribution >= 0.6 is 0 Å². The maximum absolute atomic E-state index is 12.4. The first-order chi connectivity index (χ1) is 5.54. The molecule has 0 bridgehead atoms. The summed E-state index contributed by atoms with van der Waals surface area (Å²) in [5, 5.41) is 0. The number of sulfone groups is 1. The zero-order valence-corrected chi connectivity index (χ0v) is 7.40. The zero-order valence-electron chi connectivity index (χ0n) is 6.59. The molecule has 1 aliphatic heterocycles. The van der Waals surface area contributed by atoms with Crippen LogP contribution in [0.2, 0.25) is 0 Å². The molecule has 0 radical (unpaired) electrons. The normalized spacial score (nSPS) is 26.0. The highest BCUT2D eigenvalue weighted by Crippen LogP contribution is 2.28. The smallest absolute Gasteiger partial charge is 0.262 e. The maximum Gasteiger partial charge on any atom is 0.262 e. The summed E-state index contributed by atoms with van der Waals surface area (Å²) >= 11 is 0. The molecule has 0 aromatic carbocycles. The van der Waals surface area contributed by atoms with Crippen molar-refractivity contribution in [3.05, 3.63) is 11.4 Å². The number of halogens is 1. The van der Waals surface area contributed by atoms with Gasteiger partial charge in [-0.05, 0) is 0 Å². The second-order valence-corrected chi connectivity index (χ2v) is 5.43. The molecule has 1 aliphatic rings. The lowest BCUT2D eigenvalue weighted by Gasteiger charge is -2.22. The van der Waals surface area contributed by atoms with Crippen molar-refractivity contribution in [2.45, 2.75) is 18.4 Å². The molecule has 5 heteroatoms. The molecule has 1 heterocycles. The SMILES string of the molecule is [C-]#[N+]C1(CF)CCS(=O)(=O)CC1. The van der Waals surface area contributed by atoms with E-state index in [1.54, 1.807) is 0 Å². The van der Waals surface area contributed by atoms with Crippen LogP contribution in [-0.2, 0) is 9.84 Å². The summed E-state index contributed by atoms with van der Waals surface area (Å²) in [5.74, 6) is -0.0847. The third-order valence-corrected chi connectivity index (χ3v) is 3.90. The van der Waals surface area contributed by atoms with E-state index in [-0.39, 0.29) is 24.3 Å². The second kappa shape index (κ2) is 3.02. The first-order valence-corrected chi connectivity index (χ1v) is 5.51. The second-order valence-electron chi connectivity index (χ2n) is 3.12. The van der Waals surface area contributed by atoms with E-state index in [1.165, 1.54) is 0 Å². The van der Waals surface area contributed by atoms with Crippen LogP contribution < -0.4 is 0 Å². The third-order valence-electron chi connectivity index (χ3n) is 2.24. The van der Waals surface area contributed by atoms with E-state index in [0.29, 0.717) is 0 Å². The van der Waals surface area contributed by atoms with Crippen molar-refractivity contribution in [1.82, 2.24) is 0 Å². The van der Waals surface area contributed by atoms with Crippen LogP contribution in [0.3, 0.4) is 0 Å². The summed E-state index contributed by atoms with van der Waals surface area (Å²) in [6, 6.07) is 0. The van der Waals surface area contributed by atoms with Crippen molar-refractivity contribution in [3.63, 3.8) is 0 Å². The topological polar surface area (TPSA) is 38.5 Å². The van der Waals surface area contributed by atoms with Gasteiger partial charge in [0.25, 0.3) is 5.54 Å². The molecule has 12 heavy (non-hydrogen) atoms. The van der Waals surface area contributed by atoms with Gasteiger partial charge in [0.05, 0.1) is 11.5 Å². The molecule has 68 valence electrons. The van der Waals surface area contributed by atoms with E-state index in [1.807, 2.05) is 0 Å². The van der Waals surface area contributed by atoms with Crippen LogP contribution in [0.1, 0.15) is 12.8 Å². The highest BCUT2D eigenvalue weighted by atomic mass is 32.2. The Balaban J connectivity index is 2.74. The molecule has 0 saturated carbocycles. The Hall–Kier alpha value is -0.630. The first kappa shape index (κ1) is 9.46. The van der Waals surface area contributed by atoms with Crippen molar-refractivity contribution < 1.29 is 12.8 Å². The Labute approximate surface area is 71.3 Å². The van der Waals surface area contributed by atoms with Crippen molar-refractivity contribution in [2.75, 3.05) is 18.2 Å². The molecule has 0 N–H and O–H groups in total. The van der Waals surface area contributed by atoms with Crippen LogP contribution in [0.15, 0.2) is 0 Å². The summed E-state index contributed by atoms with van der Waals surface area (Å²) < 4.78 is 34.3. The minimum Gasteiger partial charge on any atom is -0.307 e. The molecular weight excluding hydrogens is 181 g/mol. The molecule has 1 saturated heterocycles.